The van der Waals surface area contributed by atoms with Crippen molar-refractivity contribution >= 4 is 17.6 Å². The van der Waals surface area contributed by atoms with Crippen LogP contribution in [0.3, 0.4) is 0 Å². The highest BCUT2D eigenvalue weighted by Gasteiger charge is 2.55. The summed E-state index contributed by atoms with van der Waals surface area (Å²) in [5, 5.41) is 3.17. The number of hydrogen-bond acceptors (Lipinski definition) is 7. The fraction of sp³-hybridized carbons (Fsp3) is 0.613. The molecule has 2 amide bonds. The molecule has 1 aromatic carbocycles. The summed E-state index contributed by atoms with van der Waals surface area (Å²) in [6, 6.07) is 2.19. The van der Waals surface area contributed by atoms with Gasteiger partial charge in [-0.15, -0.1) is 0 Å². The number of likely N-dealkylation sites (tertiary alicyclic amines) is 2. The predicted octanol–water partition coefficient (Wildman–Crippen LogP) is 4.06. The van der Waals surface area contributed by atoms with E-state index in [0.717, 1.165) is 6.07 Å². The number of likely N-dealkylation sites (N-methyl/N-ethyl adjacent to an activating group) is 1. The molecule has 0 aliphatic carbocycles. The average molecular weight is 619 g/mol. The zero-order chi connectivity index (χ0) is 31.4. The smallest absolute Gasteiger partial charge is 0.381 e. The molecule has 0 radical (unpaired) electrons. The van der Waals surface area contributed by atoms with E-state index in [0.29, 0.717) is 88.0 Å². The molecule has 1 aromatic heterocycles. The molecule has 13 heteroatoms. The van der Waals surface area contributed by atoms with Gasteiger partial charge in [-0.25, -0.2) is 14.4 Å². The topological polar surface area (TPSA) is 90.9 Å². The number of nitrogens with one attached hydrogen (secondary N) is 1. The standard InChI is InChI=1S/C31H38F4N6O3/c1-18(22-5-4-6-24(25(22)32)31(33,34)35)36-27-23-16-41(21-7-11-40(15-21)28(42)20-8-13-44-14-9-20)29(43)30(10-12-39(3)17-30)26(23)37-19(2)38-27/h4-6,18,20-21H,7-17H2,1-3H3,(H,36,37,38)/t18-,21+,30?/m1/s1. The number of carbonyl (C=O) groups is 2. The first-order valence-corrected chi connectivity index (χ1v) is 15.3. The fourth-order valence-corrected chi connectivity index (χ4v) is 7.33. The molecule has 44 heavy (non-hydrogen) atoms. The normalized spacial score (nSPS) is 25.5. The maximum absolute atomic E-state index is 15.1. The summed E-state index contributed by atoms with van der Waals surface area (Å²) >= 11 is 0. The number of amides is 2. The van der Waals surface area contributed by atoms with Gasteiger partial charge in [-0.2, -0.15) is 13.2 Å². The minimum atomic E-state index is -4.83. The Kier molecular flexibility index (Phi) is 8.06. The number of alkyl halides is 3. The maximum atomic E-state index is 15.1. The number of rotatable bonds is 5. The van der Waals surface area contributed by atoms with E-state index in [-0.39, 0.29) is 35.9 Å². The Morgan fingerprint density at radius 3 is 2.59 bits per heavy atom. The van der Waals surface area contributed by atoms with Crippen LogP contribution in [0.25, 0.3) is 0 Å². The van der Waals surface area contributed by atoms with Gasteiger partial charge in [0.25, 0.3) is 0 Å². The number of nitrogens with zero attached hydrogens (tertiary/aromatic N) is 5. The highest BCUT2D eigenvalue weighted by molar-refractivity contribution is 5.91. The molecule has 9 nitrogen and oxygen atoms in total. The van der Waals surface area contributed by atoms with Gasteiger partial charge in [0.05, 0.1) is 29.9 Å². The number of aryl methyl sites for hydroxylation is 1. The fourth-order valence-electron chi connectivity index (χ4n) is 7.33. The molecule has 3 saturated heterocycles. The van der Waals surface area contributed by atoms with Gasteiger partial charge in [0.15, 0.2) is 0 Å². The SMILES string of the molecule is Cc1nc(N[C@H](C)c2cccc(C(F)(F)F)c2F)c2c(n1)C1(CCN(C)C1)C(=O)N([C@H]1CCN(C(=O)C3CCOCC3)C1)C2. The Bertz CT molecular complexity index is 1450. The molecule has 0 bridgehead atoms. The van der Waals surface area contributed by atoms with Crippen LogP contribution in [0, 0.1) is 18.7 Å². The van der Waals surface area contributed by atoms with Gasteiger partial charge in [0.1, 0.15) is 22.9 Å². The summed E-state index contributed by atoms with van der Waals surface area (Å²) in [6.07, 6.45) is -2.24. The van der Waals surface area contributed by atoms with Crippen LogP contribution in [0.15, 0.2) is 18.2 Å². The van der Waals surface area contributed by atoms with Gasteiger partial charge < -0.3 is 24.8 Å². The second-order valence-electron chi connectivity index (χ2n) is 12.6. The van der Waals surface area contributed by atoms with Crippen molar-refractivity contribution in [1.82, 2.24) is 24.7 Å². The Balaban J connectivity index is 1.33. The van der Waals surface area contributed by atoms with Crippen LogP contribution in [0.2, 0.25) is 0 Å². The molecule has 2 aromatic rings. The van der Waals surface area contributed by atoms with E-state index >= 15 is 4.39 Å². The van der Waals surface area contributed by atoms with Crippen LogP contribution >= 0.6 is 0 Å². The molecule has 4 aliphatic rings. The average Bonchev–Trinajstić information content (AvgIpc) is 3.63. The molecule has 6 rings (SSSR count). The van der Waals surface area contributed by atoms with Crippen LogP contribution in [0.4, 0.5) is 23.4 Å². The summed E-state index contributed by atoms with van der Waals surface area (Å²) in [5.74, 6) is -0.538. The largest absolute Gasteiger partial charge is 0.419 e. The van der Waals surface area contributed by atoms with Crippen molar-refractivity contribution in [2.75, 3.05) is 51.8 Å². The number of fused-ring (bicyclic) bond motifs is 2. The number of anilines is 1. The number of ether oxygens (including phenoxy) is 1. The van der Waals surface area contributed by atoms with Crippen molar-refractivity contribution in [3.05, 3.63) is 52.2 Å². The Labute approximate surface area is 253 Å². The molecule has 1 spiro atoms. The molecule has 3 fully saturated rings. The molecule has 1 unspecified atom stereocenters. The third-order valence-electron chi connectivity index (χ3n) is 9.67. The van der Waals surface area contributed by atoms with Crippen LogP contribution in [-0.4, -0.2) is 89.0 Å². The molecule has 4 aliphatic heterocycles. The highest BCUT2D eigenvalue weighted by Crippen LogP contribution is 2.44. The van der Waals surface area contributed by atoms with Crippen LogP contribution in [0.5, 0.6) is 0 Å². The van der Waals surface area contributed by atoms with Crippen LogP contribution in [0.1, 0.15) is 66.9 Å². The van der Waals surface area contributed by atoms with Crippen molar-refractivity contribution in [3.63, 3.8) is 0 Å². The van der Waals surface area contributed by atoms with Gasteiger partial charge in [-0.3, -0.25) is 9.59 Å². The number of hydrogen-bond donors (Lipinski definition) is 1. The second kappa shape index (κ2) is 11.6. The van der Waals surface area contributed by atoms with E-state index < -0.39 is 29.0 Å². The summed E-state index contributed by atoms with van der Waals surface area (Å²) in [6.45, 7) is 6.77. The predicted molar refractivity (Wildman–Crippen MR) is 153 cm³/mol. The van der Waals surface area contributed by atoms with Crippen molar-refractivity contribution in [3.8, 4) is 0 Å². The summed E-state index contributed by atoms with van der Waals surface area (Å²) in [4.78, 5) is 42.9. The zero-order valence-corrected chi connectivity index (χ0v) is 25.2. The minimum absolute atomic E-state index is 0.0271. The van der Waals surface area contributed by atoms with Crippen molar-refractivity contribution in [2.24, 2.45) is 5.92 Å². The van der Waals surface area contributed by atoms with E-state index in [4.69, 9.17) is 9.72 Å². The lowest BCUT2D eigenvalue weighted by Crippen LogP contribution is -2.56. The zero-order valence-electron chi connectivity index (χ0n) is 25.2. The third kappa shape index (κ3) is 5.42. The second-order valence-corrected chi connectivity index (χ2v) is 12.6. The quantitative estimate of drug-likeness (QED) is 0.506. The van der Waals surface area contributed by atoms with E-state index in [1.165, 1.54) is 12.1 Å². The first-order valence-electron chi connectivity index (χ1n) is 15.3. The lowest BCUT2D eigenvalue weighted by Gasteiger charge is -2.43. The van der Waals surface area contributed by atoms with E-state index in [2.05, 4.69) is 15.2 Å². The summed E-state index contributed by atoms with van der Waals surface area (Å²) in [5.41, 5.74) is -1.09. The molecule has 1 N–H and O–H groups in total. The first kappa shape index (κ1) is 30.7. The van der Waals surface area contributed by atoms with Gasteiger partial charge in [-0.05, 0) is 59.2 Å². The Hall–Kier alpha value is -3.32. The molecular formula is C31H38F4N6O3. The van der Waals surface area contributed by atoms with E-state index in [9.17, 15) is 22.8 Å². The highest BCUT2D eigenvalue weighted by atomic mass is 19.4. The monoisotopic (exact) mass is 618 g/mol. The lowest BCUT2D eigenvalue weighted by atomic mass is 9.76. The first-order chi connectivity index (χ1) is 20.9. The number of aromatic nitrogens is 2. The van der Waals surface area contributed by atoms with Crippen molar-refractivity contribution < 1.29 is 31.9 Å². The lowest BCUT2D eigenvalue weighted by molar-refractivity contribution is -0.143. The molecule has 3 atom stereocenters. The summed E-state index contributed by atoms with van der Waals surface area (Å²) in [7, 11) is 1.95. The van der Waals surface area contributed by atoms with E-state index in [1.54, 1.807) is 13.8 Å². The third-order valence-corrected chi connectivity index (χ3v) is 9.67. The number of halogens is 4. The van der Waals surface area contributed by atoms with Gasteiger partial charge in [0, 0.05) is 49.9 Å². The van der Waals surface area contributed by atoms with Gasteiger partial charge in [0.2, 0.25) is 11.8 Å². The van der Waals surface area contributed by atoms with Gasteiger partial charge in [-0.1, -0.05) is 12.1 Å². The minimum Gasteiger partial charge on any atom is -0.381 e. The summed E-state index contributed by atoms with van der Waals surface area (Å²) < 4.78 is 60.9. The number of carbonyl (C=O) groups excluding carboxylic acids is 2. The molecule has 5 heterocycles. The molecule has 238 valence electrons. The van der Waals surface area contributed by atoms with Crippen LogP contribution < -0.4 is 5.32 Å². The van der Waals surface area contributed by atoms with Crippen molar-refractivity contribution in [2.45, 2.75) is 69.8 Å². The van der Waals surface area contributed by atoms with E-state index in [1.807, 2.05) is 16.8 Å². The van der Waals surface area contributed by atoms with Crippen LogP contribution in [-0.2, 0) is 32.5 Å². The number of benzene rings is 1. The maximum Gasteiger partial charge on any atom is 0.419 e. The van der Waals surface area contributed by atoms with Gasteiger partial charge >= 0.3 is 6.18 Å². The molecular weight excluding hydrogens is 580 g/mol. The molecule has 0 saturated carbocycles. The Morgan fingerprint density at radius 1 is 1.16 bits per heavy atom. The van der Waals surface area contributed by atoms with Crippen molar-refractivity contribution in [1.29, 1.82) is 0 Å². The Morgan fingerprint density at radius 2 is 1.91 bits per heavy atom.